The number of hydrogen-bond donors (Lipinski definition) is 1. The molecule has 2 N–H and O–H groups in total. The van der Waals surface area contributed by atoms with E-state index in [9.17, 15) is 8.78 Å². The van der Waals surface area contributed by atoms with E-state index in [0.717, 1.165) is 0 Å². The molecular weight excluding hydrogens is 296 g/mol. The molecule has 0 aliphatic rings. The highest BCUT2D eigenvalue weighted by Gasteiger charge is 2.10. The first-order chi connectivity index (χ1) is 9.95. The Kier molecular flexibility index (Phi) is 5.15. The van der Waals surface area contributed by atoms with Crippen molar-refractivity contribution in [3.63, 3.8) is 0 Å². The molecule has 1 unspecified atom stereocenters. The van der Waals surface area contributed by atoms with Crippen molar-refractivity contribution in [2.75, 3.05) is 0 Å². The van der Waals surface area contributed by atoms with Crippen LogP contribution in [0.5, 0.6) is 5.75 Å². The SMILES string of the molecule is CC(N)Cc1cc(F)ccc1OCc1cc(Cl)ccc1F. The molecule has 2 nitrogen and oxygen atoms in total. The molecule has 0 spiro atoms. The molecule has 2 rings (SSSR count). The van der Waals surface area contributed by atoms with E-state index < -0.39 is 5.82 Å². The summed E-state index contributed by atoms with van der Waals surface area (Å²) in [5, 5.41) is 0.435. The molecule has 2 aromatic rings. The largest absolute Gasteiger partial charge is 0.489 e. The van der Waals surface area contributed by atoms with Gasteiger partial charge in [-0.2, -0.15) is 0 Å². The van der Waals surface area contributed by atoms with Gasteiger partial charge in [-0.05, 0) is 55.3 Å². The Labute approximate surface area is 127 Å². The Balaban J connectivity index is 2.17. The van der Waals surface area contributed by atoms with Gasteiger partial charge in [-0.3, -0.25) is 0 Å². The predicted molar refractivity (Wildman–Crippen MR) is 79.5 cm³/mol. The Morgan fingerprint density at radius 2 is 1.90 bits per heavy atom. The number of benzene rings is 2. The minimum Gasteiger partial charge on any atom is -0.489 e. The molecule has 1 atom stereocenters. The van der Waals surface area contributed by atoms with Crippen LogP contribution in [0.2, 0.25) is 5.02 Å². The van der Waals surface area contributed by atoms with Gasteiger partial charge in [0.05, 0.1) is 0 Å². The molecule has 0 saturated heterocycles. The van der Waals surface area contributed by atoms with Gasteiger partial charge >= 0.3 is 0 Å². The summed E-state index contributed by atoms with van der Waals surface area (Å²) in [7, 11) is 0. The second-order valence-electron chi connectivity index (χ2n) is 4.96. The summed E-state index contributed by atoms with van der Waals surface area (Å²) >= 11 is 5.83. The molecule has 0 amide bonds. The van der Waals surface area contributed by atoms with Crippen LogP contribution in [-0.2, 0) is 13.0 Å². The van der Waals surface area contributed by atoms with Gasteiger partial charge in [-0.25, -0.2) is 8.78 Å². The van der Waals surface area contributed by atoms with E-state index in [4.69, 9.17) is 22.1 Å². The van der Waals surface area contributed by atoms with E-state index in [-0.39, 0.29) is 18.5 Å². The molecule has 0 radical (unpaired) electrons. The number of halogens is 3. The van der Waals surface area contributed by atoms with Crippen LogP contribution in [0.15, 0.2) is 36.4 Å². The van der Waals surface area contributed by atoms with E-state index in [1.807, 2.05) is 6.92 Å². The van der Waals surface area contributed by atoms with Crippen LogP contribution in [-0.4, -0.2) is 6.04 Å². The van der Waals surface area contributed by atoms with Crippen molar-refractivity contribution in [2.45, 2.75) is 26.0 Å². The second kappa shape index (κ2) is 6.87. The molecule has 0 heterocycles. The quantitative estimate of drug-likeness (QED) is 0.902. The lowest BCUT2D eigenvalue weighted by atomic mass is 10.1. The van der Waals surface area contributed by atoms with Crippen molar-refractivity contribution >= 4 is 11.6 Å². The van der Waals surface area contributed by atoms with Crippen LogP contribution < -0.4 is 10.5 Å². The topological polar surface area (TPSA) is 35.2 Å². The number of hydrogen-bond acceptors (Lipinski definition) is 2. The molecule has 0 saturated carbocycles. The van der Waals surface area contributed by atoms with Gasteiger partial charge in [-0.1, -0.05) is 11.6 Å². The highest BCUT2D eigenvalue weighted by molar-refractivity contribution is 6.30. The standard InChI is InChI=1S/C16H16ClF2NO/c1-10(20)6-11-8-14(18)3-5-16(11)21-9-12-7-13(17)2-4-15(12)19/h2-5,7-8,10H,6,9,20H2,1H3. The number of nitrogens with two attached hydrogens (primary N) is 1. The van der Waals surface area contributed by atoms with Crippen LogP contribution >= 0.6 is 11.6 Å². The van der Waals surface area contributed by atoms with Crippen LogP contribution in [0.25, 0.3) is 0 Å². The summed E-state index contributed by atoms with van der Waals surface area (Å²) in [4.78, 5) is 0. The second-order valence-corrected chi connectivity index (χ2v) is 5.39. The molecule has 0 aliphatic carbocycles. The maximum Gasteiger partial charge on any atom is 0.129 e. The minimum absolute atomic E-state index is 0.0178. The van der Waals surface area contributed by atoms with Crippen molar-refractivity contribution in [1.29, 1.82) is 0 Å². The molecule has 0 aliphatic heterocycles. The lowest BCUT2D eigenvalue weighted by molar-refractivity contribution is 0.295. The van der Waals surface area contributed by atoms with Crippen LogP contribution in [0.1, 0.15) is 18.1 Å². The predicted octanol–water partition coefficient (Wildman–Crippen LogP) is 4.09. The highest BCUT2D eigenvalue weighted by Crippen LogP contribution is 2.23. The monoisotopic (exact) mass is 311 g/mol. The van der Waals surface area contributed by atoms with Gasteiger partial charge in [0.1, 0.15) is 24.0 Å². The van der Waals surface area contributed by atoms with Crippen LogP contribution in [0, 0.1) is 11.6 Å². The first-order valence-corrected chi connectivity index (χ1v) is 6.94. The van der Waals surface area contributed by atoms with Gasteiger partial charge in [0, 0.05) is 16.6 Å². The molecule has 112 valence electrons. The Hall–Kier alpha value is -1.65. The number of ether oxygens (including phenoxy) is 1. The fourth-order valence-corrected chi connectivity index (χ4v) is 2.20. The van der Waals surface area contributed by atoms with E-state index in [1.54, 1.807) is 0 Å². The van der Waals surface area contributed by atoms with Crippen LogP contribution in [0.4, 0.5) is 8.78 Å². The van der Waals surface area contributed by atoms with E-state index >= 15 is 0 Å². The van der Waals surface area contributed by atoms with Crippen molar-refractivity contribution in [2.24, 2.45) is 5.73 Å². The van der Waals surface area contributed by atoms with Gasteiger partial charge in [-0.15, -0.1) is 0 Å². The van der Waals surface area contributed by atoms with Gasteiger partial charge < -0.3 is 10.5 Å². The molecule has 5 heteroatoms. The number of rotatable bonds is 5. The van der Waals surface area contributed by atoms with Gasteiger partial charge in [0.25, 0.3) is 0 Å². The first kappa shape index (κ1) is 15.7. The summed E-state index contributed by atoms with van der Waals surface area (Å²) in [5.41, 5.74) is 6.74. The van der Waals surface area contributed by atoms with E-state index in [2.05, 4.69) is 0 Å². The normalized spacial score (nSPS) is 12.2. The van der Waals surface area contributed by atoms with E-state index in [0.29, 0.717) is 28.3 Å². The Morgan fingerprint density at radius 3 is 2.62 bits per heavy atom. The molecule has 0 aromatic heterocycles. The fourth-order valence-electron chi connectivity index (χ4n) is 2.00. The molecule has 2 aromatic carbocycles. The summed E-state index contributed by atoms with van der Waals surface area (Å²) in [6.45, 7) is 1.84. The fraction of sp³-hybridized carbons (Fsp3) is 0.250. The zero-order valence-corrected chi connectivity index (χ0v) is 12.3. The van der Waals surface area contributed by atoms with Gasteiger partial charge in [0.15, 0.2) is 0 Å². The molecule has 0 bridgehead atoms. The van der Waals surface area contributed by atoms with Crippen molar-refractivity contribution in [3.8, 4) is 5.75 Å². The third-order valence-corrected chi connectivity index (χ3v) is 3.19. The first-order valence-electron chi connectivity index (χ1n) is 6.56. The summed E-state index contributed by atoms with van der Waals surface area (Å²) < 4.78 is 32.5. The molecule has 0 fully saturated rings. The maximum absolute atomic E-state index is 13.6. The average molecular weight is 312 g/mol. The highest BCUT2D eigenvalue weighted by atomic mass is 35.5. The van der Waals surface area contributed by atoms with E-state index in [1.165, 1.54) is 36.4 Å². The van der Waals surface area contributed by atoms with Crippen molar-refractivity contribution in [1.82, 2.24) is 0 Å². The third-order valence-electron chi connectivity index (χ3n) is 2.96. The van der Waals surface area contributed by atoms with Crippen LogP contribution in [0.3, 0.4) is 0 Å². The zero-order valence-electron chi connectivity index (χ0n) is 11.6. The molecule has 21 heavy (non-hydrogen) atoms. The summed E-state index contributed by atoms with van der Waals surface area (Å²) in [6, 6.07) is 8.34. The van der Waals surface area contributed by atoms with Gasteiger partial charge in [0.2, 0.25) is 0 Å². The Morgan fingerprint density at radius 1 is 1.14 bits per heavy atom. The lowest BCUT2D eigenvalue weighted by Gasteiger charge is -2.14. The summed E-state index contributed by atoms with van der Waals surface area (Å²) in [6.07, 6.45) is 0.477. The molecular formula is C16H16ClF2NO. The zero-order chi connectivity index (χ0) is 15.4. The summed E-state index contributed by atoms with van der Waals surface area (Å²) in [5.74, 6) is -0.254. The minimum atomic E-state index is -0.393. The smallest absolute Gasteiger partial charge is 0.129 e. The third kappa shape index (κ3) is 4.41. The average Bonchev–Trinajstić information content (AvgIpc) is 2.41. The van der Waals surface area contributed by atoms with Crippen molar-refractivity contribution in [3.05, 3.63) is 64.2 Å². The lowest BCUT2D eigenvalue weighted by Crippen LogP contribution is -2.18. The Bertz CT molecular complexity index is 632. The van der Waals surface area contributed by atoms with Crippen molar-refractivity contribution < 1.29 is 13.5 Å². The maximum atomic E-state index is 13.6.